The van der Waals surface area contributed by atoms with Crippen molar-refractivity contribution in [1.29, 1.82) is 0 Å². The molecule has 1 fully saturated rings. The number of thiocarbonyl (C=S) groups is 1. The summed E-state index contributed by atoms with van der Waals surface area (Å²) in [7, 11) is 0. The molecular formula is C28H22ClN5O3S2. The van der Waals surface area contributed by atoms with Crippen LogP contribution in [-0.4, -0.2) is 32.8 Å². The molecule has 1 saturated heterocycles. The first-order valence-corrected chi connectivity index (χ1v) is 13.7. The van der Waals surface area contributed by atoms with Crippen LogP contribution in [-0.2, 0) is 4.79 Å². The molecule has 0 aromatic heterocycles. The number of para-hydroxylation sites is 1. The van der Waals surface area contributed by atoms with Gasteiger partial charge >= 0.3 is 0 Å². The Hall–Kier alpha value is -3.80. The molecule has 8 nitrogen and oxygen atoms in total. The van der Waals surface area contributed by atoms with Crippen LogP contribution in [0.2, 0.25) is 5.02 Å². The van der Waals surface area contributed by atoms with Crippen LogP contribution in [0.5, 0.6) is 11.5 Å². The second kappa shape index (κ2) is 10.8. The molecule has 3 aliphatic rings. The number of hydrazine groups is 2. The lowest BCUT2D eigenvalue weighted by atomic mass is 10.0. The van der Waals surface area contributed by atoms with Crippen molar-refractivity contribution in [2.75, 3.05) is 4.90 Å². The van der Waals surface area contributed by atoms with Gasteiger partial charge in [-0.3, -0.25) is 15.1 Å². The fourth-order valence-electron chi connectivity index (χ4n) is 4.30. The van der Waals surface area contributed by atoms with E-state index in [1.54, 1.807) is 53.4 Å². The molecule has 0 spiro atoms. The number of nitrogens with one attached hydrogen (secondary N) is 3. The Balaban J connectivity index is 1.28. The van der Waals surface area contributed by atoms with Crippen molar-refractivity contribution in [3.05, 3.63) is 119 Å². The lowest BCUT2D eigenvalue weighted by Crippen LogP contribution is -2.56. The Bertz CT molecular complexity index is 1510. The van der Waals surface area contributed by atoms with E-state index in [1.165, 1.54) is 4.90 Å². The van der Waals surface area contributed by atoms with Gasteiger partial charge in [0.15, 0.2) is 11.3 Å². The highest BCUT2D eigenvalue weighted by atomic mass is 35.5. The van der Waals surface area contributed by atoms with Crippen LogP contribution in [0.3, 0.4) is 0 Å². The molecule has 2 unspecified atom stereocenters. The lowest BCUT2D eigenvalue weighted by molar-refractivity contribution is -0.115. The van der Waals surface area contributed by atoms with Crippen molar-refractivity contribution in [3.63, 3.8) is 0 Å². The summed E-state index contributed by atoms with van der Waals surface area (Å²) in [5.74, 6) is 0.913. The molecule has 3 heterocycles. The molecule has 6 rings (SSSR count). The molecule has 1 amide bonds. The van der Waals surface area contributed by atoms with E-state index < -0.39 is 12.1 Å². The smallest absolute Gasteiger partial charge is 0.265 e. The van der Waals surface area contributed by atoms with E-state index in [0.717, 1.165) is 16.2 Å². The Kier molecular flexibility index (Phi) is 7.03. The van der Waals surface area contributed by atoms with Gasteiger partial charge < -0.3 is 15.2 Å². The Morgan fingerprint density at radius 2 is 1.72 bits per heavy atom. The summed E-state index contributed by atoms with van der Waals surface area (Å²) in [5.41, 5.74) is 8.86. The van der Waals surface area contributed by atoms with Crippen LogP contribution in [0.25, 0.3) is 0 Å². The number of aliphatic hydroxyl groups excluding tert-OH is 1. The second-order valence-corrected chi connectivity index (χ2v) is 10.7. The van der Waals surface area contributed by atoms with Gasteiger partial charge in [-0.25, -0.2) is 5.12 Å². The van der Waals surface area contributed by atoms with E-state index in [2.05, 4.69) is 16.2 Å². The minimum absolute atomic E-state index is 0.111. The zero-order valence-electron chi connectivity index (χ0n) is 20.2. The number of nitrogens with zero attached hydrogens (tertiary/aromatic N) is 2. The van der Waals surface area contributed by atoms with Crippen LogP contribution < -0.4 is 25.8 Å². The van der Waals surface area contributed by atoms with Crippen LogP contribution in [0.15, 0.2) is 119 Å². The van der Waals surface area contributed by atoms with Gasteiger partial charge in [0, 0.05) is 21.7 Å². The Morgan fingerprint density at radius 3 is 2.46 bits per heavy atom. The third kappa shape index (κ3) is 5.25. The maximum absolute atomic E-state index is 13.7. The van der Waals surface area contributed by atoms with Gasteiger partial charge in [0.2, 0.25) is 0 Å². The fourth-order valence-corrected chi connectivity index (χ4v) is 5.77. The molecule has 2 atom stereocenters. The number of carbonyl (C=O) groups excluding carboxylic acids is 1. The Labute approximate surface area is 239 Å². The zero-order chi connectivity index (χ0) is 26.9. The maximum atomic E-state index is 13.7. The number of ether oxygens (including phenoxy) is 1. The molecule has 0 aliphatic carbocycles. The molecular weight excluding hydrogens is 554 g/mol. The number of anilines is 1. The minimum Gasteiger partial charge on any atom is -0.457 e. The lowest BCUT2D eigenvalue weighted by Gasteiger charge is -2.33. The monoisotopic (exact) mass is 575 g/mol. The third-order valence-corrected chi connectivity index (χ3v) is 7.86. The summed E-state index contributed by atoms with van der Waals surface area (Å²) in [6.45, 7) is 0. The van der Waals surface area contributed by atoms with E-state index in [9.17, 15) is 9.90 Å². The molecule has 0 radical (unpaired) electrons. The number of thioether (sulfide) groups is 1. The van der Waals surface area contributed by atoms with Gasteiger partial charge in [0.1, 0.15) is 16.9 Å². The summed E-state index contributed by atoms with van der Waals surface area (Å²) in [4.78, 5) is 16.1. The van der Waals surface area contributed by atoms with Crippen molar-refractivity contribution < 1.29 is 14.6 Å². The zero-order valence-corrected chi connectivity index (χ0v) is 22.6. The number of benzene rings is 3. The maximum Gasteiger partial charge on any atom is 0.265 e. The summed E-state index contributed by atoms with van der Waals surface area (Å²) in [5, 5.41) is 16.0. The van der Waals surface area contributed by atoms with Crippen molar-refractivity contribution >= 4 is 52.3 Å². The molecule has 3 aromatic rings. The number of allylic oxidation sites excluding steroid dienone is 1. The highest BCUT2D eigenvalue weighted by molar-refractivity contribution is 8.00. The predicted octanol–water partition coefficient (Wildman–Crippen LogP) is 4.82. The topological polar surface area (TPSA) is 89.1 Å². The molecule has 0 bridgehead atoms. The average Bonchev–Trinajstić information content (AvgIpc) is 3.51. The molecule has 3 aromatic carbocycles. The third-order valence-electron chi connectivity index (χ3n) is 6.17. The van der Waals surface area contributed by atoms with E-state index in [4.69, 9.17) is 28.6 Å². The molecule has 11 heteroatoms. The quantitative estimate of drug-likeness (QED) is 0.244. The first kappa shape index (κ1) is 25.5. The number of halogens is 1. The highest BCUT2D eigenvalue weighted by Gasteiger charge is 2.38. The molecule has 0 saturated carbocycles. The summed E-state index contributed by atoms with van der Waals surface area (Å²) in [6.07, 6.45) is 4.16. The van der Waals surface area contributed by atoms with Crippen LogP contribution in [0.1, 0.15) is 0 Å². The standard InChI is InChI=1S/C28H22ClN5O3S2/c29-17-6-12-21(13-7-17)39-26-22(24-14-15-30-34(24)32-26)16-23-25(35)31-28(38)33(27(23)36)18-8-10-20(11-9-18)37-19-4-2-1-3-5-19/h1-16,25-26,30,32,35H,(H,31,38)/b23-16+. The normalized spacial score (nSPS) is 21.3. The summed E-state index contributed by atoms with van der Waals surface area (Å²) in [6, 6.07) is 24.0. The van der Waals surface area contributed by atoms with Crippen molar-refractivity contribution in [2.24, 2.45) is 0 Å². The fraction of sp³-hybridized carbons (Fsp3) is 0.0714. The molecule has 3 aliphatic heterocycles. The van der Waals surface area contributed by atoms with Gasteiger partial charge in [0.05, 0.1) is 17.0 Å². The second-order valence-electron chi connectivity index (χ2n) is 8.72. The number of fused-ring (bicyclic) bond motifs is 1. The average molecular weight is 576 g/mol. The largest absolute Gasteiger partial charge is 0.457 e. The van der Waals surface area contributed by atoms with E-state index in [1.807, 2.05) is 60.7 Å². The summed E-state index contributed by atoms with van der Waals surface area (Å²) < 4.78 is 5.87. The van der Waals surface area contributed by atoms with Crippen LogP contribution in [0.4, 0.5) is 5.69 Å². The van der Waals surface area contributed by atoms with Gasteiger partial charge in [-0.2, -0.15) is 5.43 Å². The number of aliphatic hydroxyl groups is 1. The number of hydrogen-bond donors (Lipinski definition) is 4. The van der Waals surface area contributed by atoms with Crippen molar-refractivity contribution in [1.82, 2.24) is 21.3 Å². The first-order chi connectivity index (χ1) is 19.0. The predicted molar refractivity (Wildman–Crippen MR) is 156 cm³/mol. The summed E-state index contributed by atoms with van der Waals surface area (Å²) >= 11 is 13.1. The van der Waals surface area contributed by atoms with Gasteiger partial charge in [-0.05, 0) is 85.0 Å². The van der Waals surface area contributed by atoms with Crippen molar-refractivity contribution in [3.8, 4) is 11.5 Å². The first-order valence-electron chi connectivity index (χ1n) is 12.0. The van der Waals surface area contributed by atoms with Crippen LogP contribution >= 0.6 is 35.6 Å². The molecule has 39 heavy (non-hydrogen) atoms. The number of carbonyl (C=O) groups is 1. The SMILES string of the molecule is O=C1/C(=C/C2=C3C=CNN3NC2Sc2ccc(Cl)cc2)C(O)NC(=S)N1c1ccc(Oc2ccccc2)cc1. The van der Waals surface area contributed by atoms with Gasteiger partial charge in [-0.1, -0.05) is 29.8 Å². The minimum atomic E-state index is -1.26. The van der Waals surface area contributed by atoms with E-state index >= 15 is 0 Å². The van der Waals surface area contributed by atoms with E-state index in [0.29, 0.717) is 22.2 Å². The van der Waals surface area contributed by atoms with Crippen LogP contribution in [0, 0.1) is 0 Å². The number of hydrogen-bond acceptors (Lipinski definition) is 8. The molecule has 196 valence electrons. The Morgan fingerprint density at radius 1 is 1.00 bits per heavy atom. The molecule has 4 N–H and O–H groups in total. The van der Waals surface area contributed by atoms with Crippen molar-refractivity contribution in [2.45, 2.75) is 16.5 Å². The van der Waals surface area contributed by atoms with Gasteiger partial charge in [-0.15, -0.1) is 11.8 Å². The number of amides is 1. The number of rotatable bonds is 6. The van der Waals surface area contributed by atoms with E-state index in [-0.39, 0.29) is 16.1 Å². The van der Waals surface area contributed by atoms with Gasteiger partial charge in [0.25, 0.3) is 5.91 Å². The highest BCUT2D eigenvalue weighted by Crippen LogP contribution is 2.37.